The minimum absolute atomic E-state index is 0.0430. The topological polar surface area (TPSA) is 138 Å². The van der Waals surface area contributed by atoms with E-state index in [-0.39, 0.29) is 6.61 Å². The normalized spacial score (nSPS) is 14.1. The first kappa shape index (κ1) is 18.8. The molecule has 0 unspecified atom stereocenters. The number of aromatic nitrogens is 5. The van der Waals surface area contributed by atoms with E-state index in [1.165, 1.54) is 0 Å². The van der Waals surface area contributed by atoms with E-state index in [9.17, 15) is 9.90 Å². The van der Waals surface area contributed by atoms with Crippen molar-refractivity contribution in [2.75, 3.05) is 18.5 Å². The summed E-state index contributed by atoms with van der Waals surface area (Å²) in [7, 11) is 0. The lowest BCUT2D eigenvalue weighted by Crippen LogP contribution is -2.35. The zero-order valence-corrected chi connectivity index (χ0v) is 14.7. The van der Waals surface area contributed by atoms with Crippen molar-refractivity contribution >= 4 is 11.8 Å². The highest BCUT2D eigenvalue weighted by molar-refractivity contribution is 5.72. The maximum Gasteiger partial charge on any atom is 0.307 e. The molecule has 0 spiro atoms. The number of H-pyrrole nitrogens is 2. The van der Waals surface area contributed by atoms with Gasteiger partial charge in [-0.2, -0.15) is 5.21 Å². The first-order valence-corrected chi connectivity index (χ1v) is 8.14. The van der Waals surface area contributed by atoms with Crippen LogP contribution in [0.3, 0.4) is 0 Å². The number of rotatable bonds is 8. The Morgan fingerprint density at radius 2 is 2.16 bits per heavy atom. The van der Waals surface area contributed by atoms with Gasteiger partial charge in [0.1, 0.15) is 6.54 Å². The second-order valence-corrected chi connectivity index (χ2v) is 7.02. The Morgan fingerprint density at radius 3 is 2.64 bits per heavy atom. The molecule has 9 nitrogen and oxygen atoms in total. The van der Waals surface area contributed by atoms with Crippen LogP contribution in [0.5, 0.6) is 0 Å². The number of tetrazole rings is 1. The largest absolute Gasteiger partial charge is 0.481 e. The second kappa shape index (κ2) is 8.02. The van der Waals surface area contributed by atoms with Crippen LogP contribution in [0.15, 0.2) is 18.3 Å². The van der Waals surface area contributed by atoms with E-state index in [1.807, 2.05) is 39.1 Å². The lowest BCUT2D eigenvalue weighted by Gasteiger charge is -2.32. The van der Waals surface area contributed by atoms with Gasteiger partial charge in [0, 0.05) is 12.0 Å². The molecule has 2 atom stereocenters. The highest BCUT2D eigenvalue weighted by atomic mass is 16.4. The molecule has 136 valence electrons. The number of aliphatic carboxylic acids is 1. The molecule has 25 heavy (non-hydrogen) atoms. The lowest BCUT2D eigenvalue weighted by molar-refractivity contribution is -0.362. The van der Waals surface area contributed by atoms with Gasteiger partial charge in [0.2, 0.25) is 0 Å². The lowest BCUT2D eigenvalue weighted by atomic mass is 9.71. The molecule has 0 aliphatic heterocycles. The smallest absolute Gasteiger partial charge is 0.307 e. The minimum atomic E-state index is -0.882. The van der Waals surface area contributed by atoms with Gasteiger partial charge in [-0.25, -0.2) is 4.98 Å². The summed E-state index contributed by atoms with van der Waals surface area (Å²) in [5.74, 6) is -0.796. The van der Waals surface area contributed by atoms with Crippen molar-refractivity contribution in [1.29, 1.82) is 0 Å². The summed E-state index contributed by atoms with van der Waals surface area (Å²) >= 11 is 0. The van der Waals surface area contributed by atoms with E-state index in [0.717, 1.165) is 11.4 Å². The molecule has 0 aromatic carbocycles. The van der Waals surface area contributed by atoms with Crippen molar-refractivity contribution in [3.8, 4) is 0 Å². The molecule has 0 aliphatic carbocycles. The molecule has 5 N–H and O–H groups in total. The number of nitrogens with zero attached hydrogens (tertiary/aromatic N) is 3. The van der Waals surface area contributed by atoms with Crippen LogP contribution in [0.2, 0.25) is 0 Å². The quantitative estimate of drug-likeness (QED) is 0.544. The highest BCUT2D eigenvalue weighted by Gasteiger charge is 2.41. The van der Waals surface area contributed by atoms with Crippen molar-refractivity contribution in [3.63, 3.8) is 0 Å². The zero-order chi connectivity index (χ0) is 18.4. The Morgan fingerprint density at radius 1 is 1.40 bits per heavy atom. The van der Waals surface area contributed by atoms with Gasteiger partial charge in [-0.15, -0.1) is 10.2 Å². The second-order valence-electron chi connectivity index (χ2n) is 7.02. The van der Waals surface area contributed by atoms with E-state index in [4.69, 9.17) is 5.11 Å². The van der Waals surface area contributed by atoms with Crippen LogP contribution in [-0.2, 0) is 11.2 Å². The molecule has 0 radical (unpaired) electrons. The summed E-state index contributed by atoms with van der Waals surface area (Å²) in [6.45, 7) is 6.18. The predicted molar refractivity (Wildman–Crippen MR) is 89.8 cm³/mol. The molecule has 9 heteroatoms. The Hall–Kier alpha value is -2.55. The molecule has 0 aliphatic rings. The molecule has 2 heterocycles. The van der Waals surface area contributed by atoms with Gasteiger partial charge >= 0.3 is 5.97 Å². The maximum absolute atomic E-state index is 11.9. The number of hydrogen-bond donors (Lipinski definition) is 4. The van der Waals surface area contributed by atoms with Gasteiger partial charge in [0.25, 0.3) is 5.82 Å². The Bertz CT molecular complexity index is 666. The summed E-state index contributed by atoms with van der Waals surface area (Å²) in [5, 5.41) is 35.7. The third kappa shape index (κ3) is 4.96. The van der Waals surface area contributed by atoms with E-state index < -0.39 is 23.2 Å². The SMILES string of the molecule is CC(C)(C)[C@H](C(=O)O)[C@H](Cc1ccc(NCCO)[nH+]c1)c1nn[nH]n1. The molecule has 0 saturated carbocycles. The van der Waals surface area contributed by atoms with Crippen LogP contribution in [0, 0.1) is 11.3 Å². The molecule has 0 saturated heterocycles. The Balaban J connectivity index is 2.26. The average Bonchev–Trinajstić information content (AvgIpc) is 3.06. The van der Waals surface area contributed by atoms with E-state index in [0.29, 0.717) is 18.8 Å². The van der Waals surface area contributed by atoms with Crippen LogP contribution in [0.25, 0.3) is 0 Å². The number of pyridine rings is 1. The third-order valence-corrected chi connectivity index (χ3v) is 4.05. The maximum atomic E-state index is 11.9. The number of nitrogens with one attached hydrogen (secondary N) is 3. The number of aliphatic hydroxyl groups excluding tert-OH is 1. The number of aliphatic hydroxyl groups is 1. The average molecular weight is 349 g/mol. The number of carbonyl (C=O) groups is 1. The molecule has 0 bridgehead atoms. The third-order valence-electron chi connectivity index (χ3n) is 4.05. The Kier molecular flexibility index (Phi) is 6.02. The first-order chi connectivity index (χ1) is 11.8. The summed E-state index contributed by atoms with van der Waals surface area (Å²) in [4.78, 5) is 15.0. The number of carboxylic acid groups (broad SMARTS) is 1. The fourth-order valence-corrected chi connectivity index (χ4v) is 2.97. The fourth-order valence-electron chi connectivity index (χ4n) is 2.97. The van der Waals surface area contributed by atoms with Crippen LogP contribution in [-0.4, -0.2) is 50.0 Å². The van der Waals surface area contributed by atoms with Crippen LogP contribution in [0.4, 0.5) is 5.82 Å². The molecule has 0 fully saturated rings. The van der Waals surface area contributed by atoms with E-state index in [2.05, 4.69) is 30.9 Å². The van der Waals surface area contributed by atoms with Gasteiger partial charge in [-0.05, 0) is 23.5 Å². The summed E-state index contributed by atoms with van der Waals surface area (Å²) in [6.07, 6.45) is 2.28. The number of anilines is 1. The molecule has 2 aromatic heterocycles. The fraction of sp³-hybridized carbons (Fsp3) is 0.562. The van der Waals surface area contributed by atoms with Crippen molar-refractivity contribution < 1.29 is 20.0 Å². The summed E-state index contributed by atoms with van der Waals surface area (Å²) in [5.41, 5.74) is 0.462. The van der Waals surface area contributed by atoms with Crippen molar-refractivity contribution in [2.45, 2.75) is 33.1 Å². The van der Waals surface area contributed by atoms with Gasteiger partial charge in [-0.1, -0.05) is 26.0 Å². The molecule has 2 aromatic rings. The molecular formula is C16H25N6O3+. The summed E-state index contributed by atoms with van der Waals surface area (Å²) in [6, 6.07) is 3.76. The highest BCUT2D eigenvalue weighted by Crippen LogP contribution is 2.38. The van der Waals surface area contributed by atoms with E-state index in [1.54, 1.807) is 0 Å². The van der Waals surface area contributed by atoms with Gasteiger partial charge in [0.15, 0.2) is 5.82 Å². The zero-order valence-electron chi connectivity index (χ0n) is 14.7. The van der Waals surface area contributed by atoms with Crippen LogP contribution >= 0.6 is 0 Å². The monoisotopic (exact) mass is 349 g/mol. The minimum Gasteiger partial charge on any atom is -0.481 e. The van der Waals surface area contributed by atoms with Gasteiger partial charge in [-0.3, -0.25) is 10.1 Å². The summed E-state index contributed by atoms with van der Waals surface area (Å²) < 4.78 is 0. The first-order valence-electron chi connectivity index (χ1n) is 8.14. The van der Waals surface area contributed by atoms with Crippen LogP contribution < -0.4 is 10.3 Å². The van der Waals surface area contributed by atoms with Crippen molar-refractivity contribution in [2.24, 2.45) is 11.3 Å². The van der Waals surface area contributed by atoms with E-state index >= 15 is 0 Å². The predicted octanol–water partition coefficient (Wildman–Crippen LogP) is 0.491. The Labute approximate surface area is 145 Å². The number of carboxylic acids is 1. The molecular weight excluding hydrogens is 324 g/mol. The standard InChI is InChI=1S/C16H24N6O3/c1-16(2,3)13(15(24)25)11(14-19-21-22-20-14)8-10-4-5-12(18-9-10)17-6-7-23/h4-5,9,11,13,23H,6-8H2,1-3H3,(H,17,18)(H,24,25)(H,19,20,21,22)/p+1/t11-,13-/m0/s1. The van der Waals surface area contributed by atoms with Gasteiger partial charge < -0.3 is 10.2 Å². The van der Waals surface area contributed by atoms with Crippen LogP contribution in [0.1, 0.15) is 38.1 Å². The van der Waals surface area contributed by atoms with Gasteiger partial charge in [0.05, 0.1) is 18.7 Å². The van der Waals surface area contributed by atoms with Crippen molar-refractivity contribution in [1.82, 2.24) is 20.6 Å². The van der Waals surface area contributed by atoms with Crippen molar-refractivity contribution in [3.05, 3.63) is 29.7 Å². The number of hydrogen-bond acceptors (Lipinski definition) is 6. The molecule has 2 rings (SSSR count). The molecule has 0 amide bonds. The number of aromatic amines is 2.